The van der Waals surface area contributed by atoms with Crippen molar-refractivity contribution in [2.75, 3.05) is 13.1 Å². The highest BCUT2D eigenvalue weighted by Gasteiger charge is 2.28. The molecule has 92 valence electrons. The molecule has 0 aromatic heterocycles. The summed E-state index contributed by atoms with van der Waals surface area (Å²) in [5.41, 5.74) is 0. The fraction of sp³-hybridized carbons (Fsp3) is 0.833. The summed E-state index contributed by atoms with van der Waals surface area (Å²) < 4.78 is 0. The molecule has 0 bridgehead atoms. The molecule has 0 saturated carbocycles. The SMILES string of the molecule is CC(=O)NC(C(=O)N1CCCCC1)C(C)C. The molecule has 0 aliphatic carbocycles. The largest absolute Gasteiger partial charge is 0.344 e. The average Bonchev–Trinajstić information content (AvgIpc) is 2.25. The molecular weight excluding hydrogens is 204 g/mol. The van der Waals surface area contributed by atoms with Crippen LogP contribution in [-0.2, 0) is 9.59 Å². The molecule has 1 atom stereocenters. The Balaban J connectivity index is 2.61. The quantitative estimate of drug-likeness (QED) is 0.785. The lowest BCUT2D eigenvalue weighted by molar-refractivity contribution is -0.138. The van der Waals surface area contributed by atoms with Crippen LogP contribution in [0.2, 0.25) is 0 Å². The van der Waals surface area contributed by atoms with Gasteiger partial charge in [0, 0.05) is 20.0 Å². The highest BCUT2D eigenvalue weighted by atomic mass is 16.2. The van der Waals surface area contributed by atoms with Crippen molar-refractivity contribution < 1.29 is 9.59 Å². The van der Waals surface area contributed by atoms with Crippen LogP contribution < -0.4 is 5.32 Å². The maximum absolute atomic E-state index is 12.2. The van der Waals surface area contributed by atoms with E-state index in [1.54, 1.807) is 0 Å². The van der Waals surface area contributed by atoms with Crippen molar-refractivity contribution in [3.63, 3.8) is 0 Å². The maximum atomic E-state index is 12.2. The van der Waals surface area contributed by atoms with E-state index in [-0.39, 0.29) is 23.8 Å². The van der Waals surface area contributed by atoms with E-state index < -0.39 is 0 Å². The van der Waals surface area contributed by atoms with Crippen molar-refractivity contribution in [1.29, 1.82) is 0 Å². The van der Waals surface area contributed by atoms with Gasteiger partial charge in [-0.15, -0.1) is 0 Å². The number of carbonyl (C=O) groups is 2. The summed E-state index contributed by atoms with van der Waals surface area (Å²) in [6.45, 7) is 7.05. The fourth-order valence-corrected chi connectivity index (χ4v) is 2.04. The molecule has 4 heteroatoms. The Morgan fingerprint density at radius 3 is 2.12 bits per heavy atom. The van der Waals surface area contributed by atoms with E-state index in [1.165, 1.54) is 13.3 Å². The number of nitrogens with one attached hydrogen (secondary N) is 1. The lowest BCUT2D eigenvalue weighted by Gasteiger charge is -2.32. The van der Waals surface area contributed by atoms with Gasteiger partial charge in [0.1, 0.15) is 6.04 Å². The molecule has 1 saturated heterocycles. The van der Waals surface area contributed by atoms with Gasteiger partial charge in [-0.25, -0.2) is 0 Å². The highest BCUT2D eigenvalue weighted by molar-refractivity contribution is 5.87. The maximum Gasteiger partial charge on any atom is 0.245 e. The van der Waals surface area contributed by atoms with Crippen LogP contribution in [0.15, 0.2) is 0 Å². The third-order valence-electron chi connectivity index (χ3n) is 2.96. The van der Waals surface area contributed by atoms with Crippen molar-refractivity contribution in [1.82, 2.24) is 10.2 Å². The van der Waals surface area contributed by atoms with Crippen LogP contribution in [0.1, 0.15) is 40.0 Å². The molecule has 0 radical (unpaired) electrons. The zero-order valence-corrected chi connectivity index (χ0v) is 10.5. The first-order valence-corrected chi connectivity index (χ1v) is 6.08. The van der Waals surface area contributed by atoms with Crippen LogP contribution in [0.25, 0.3) is 0 Å². The van der Waals surface area contributed by atoms with Crippen LogP contribution in [-0.4, -0.2) is 35.8 Å². The van der Waals surface area contributed by atoms with Gasteiger partial charge in [0.05, 0.1) is 0 Å². The highest BCUT2D eigenvalue weighted by Crippen LogP contribution is 2.13. The number of rotatable bonds is 3. The fourth-order valence-electron chi connectivity index (χ4n) is 2.04. The average molecular weight is 226 g/mol. The van der Waals surface area contributed by atoms with Crippen LogP contribution in [0.3, 0.4) is 0 Å². The Morgan fingerprint density at radius 1 is 1.12 bits per heavy atom. The molecule has 0 aromatic carbocycles. The van der Waals surface area contributed by atoms with E-state index in [1.807, 2.05) is 18.7 Å². The Morgan fingerprint density at radius 2 is 1.69 bits per heavy atom. The number of hydrogen-bond donors (Lipinski definition) is 1. The molecule has 1 fully saturated rings. The Labute approximate surface area is 97.4 Å². The number of piperidine rings is 1. The van der Waals surface area contributed by atoms with Gasteiger partial charge in [-0.1, -0.05) is 13.8 Å². The smallest absolute Gasteiger partial charge is 0.245 e. The predicted octanol–water partition coefficient (Wildman–Crippen LogP) is 1.16. The predicted molar refractivity (Wildman–Crippen MR) is 62.9 cm³/mol. The lowest BCUT2D eigenvalue weighted by atomic mass is 10.0. The second-order valence-corrected chi connectivity index (χ2v) is 4.81. The molecule has 0 aromatic rings. The minimum atomic E-state index is -0.365. The topological polar surface area (TPSA) is 49.4 Å². The van der Waals surface area contributed by atoms with E-state index in [4.69, 9.17) is 0 Å². The van der Waals surface area contributed by atoms with Gasteiger partial charge in [0.15, 0.2) is 0 Å². The summed E-state index contributed by atoms with van der Waals surface area (Å²) in [4.78, 5) is 25.1. The third kappa shape index (κ3) is 3.51. The monoisotopic (exact) mass is 226 g/mol. The Bertz CT molecular complexity index is 258. The Kier molecular flexibility index (Phi) is 4.77. The summed E-state index contributed by atoms with van der Waals surface area (Å²) in [6, 6.07) is -0.365. The zero-order valence-electron chi connectivity index (χ0n) is 10.5. The van der Waals surface area contributed by atoms with Gasteiger partial charge in [-0.2, -0.15) is 0 Å². The molecule has 1 aliphatic heterocycles. The summed E-state index contributed by atoms with van der Waals surface area (Å²) in [7, 11) is 0. The number of nitrogens with zero attached hydrogens (tertiary/aromatic N) is 1. The standard InChI is InChI=1S/C12H22N2O2/c1-9(2)11(13-10(3)15)12(16)14-7-5-4-6-8-14/h9,11H,4-8H2,1-3H3,(H,13,15). The summed E-state index contributed by atoms with van der Waals surface area (Å²) in [6.07, 6.45) is 3.36. The molecule has 1 N–H and O–H groups in total. The molecule has 1 aliphatic rings. The van der Waals surface area contributed by atoms with Gasteiger partial charge < -0.3 is 10.2 Å². The van der Waals surface area contributed by atoms with Crippen molar-refractivity contribution in [2.45, 2.75) is 46.1 Å². The molecular formula is C12H22N2O2. The molecule has 4 nitrogen and oxygen atoms in total. The van der Waals surface area contributed by atoms with Crippen molar-refractivity contribution in [3.8, 4) is 0 Å². The summed E-state index contributed by atoms with van der Waals surface area (Å²) in [5.74, 6) is 0.0762. The second kappa shape index (κ2) is 5.87. The number of hydrogen-bond acceptors (Lipinski definition) is 2. The van der Waals surface area contributed by atoms with Crippen molar-refractivity contribution >= 4 is 11.8 Å². The number of likely N-dealkylation sites (tertiary alicyclic amines) is 1. The minimum Gasteiger partial charge on any atom is -0.344 e. The first-order valence-electron chi connectivity index (χ1n) is 6.08. The normalized spacial score (nSPS) is 18.4. The lowest BCUT2D eigenvalue weighted by Crippen LogP contribution is -2.51. The Hall–Kier alpha value is -1.06. The van der Waals surface area contributed by atoms with Gasteiger partial charge in [-0.05, 0) is 25.2 Å². The second-order valence-electron chi connectivity index (χ2n) is 4.81. The number of carbonyl (C=O) groups excluding carboxylic acids is 2. The van der Waals surface area contributed by atoms with E-state index in [0.29, 0.717) is 0 Å². The first kappa shape index (κ1) is 13.0. The first-order chi connectivity index (χ1) is 7.52. The van der Waals surface area contributed by atoms with Gasteiger partial charge in [0.2, 0.25) is 11.8 Å². The van der Waals surface area contributed by atoms with E-state index in [0.717, 1.165) is 25.9 Å². The van der Waals surface area contributed by atoms with Crippen LogP contribution >= 0.6 is 0 Å². The summed E-state index contributed by atoms with van der Waals surface area (Å²) >= 11 is 0. The van der Waals surface area contributed by atoms with Gasteiger partial charge in [-0.3, -0.25) is 9.59 Å². The molecule has 16 heavy (non-hydrogen) atoms. The number of amides is 2. The van der Waals surface area contributed by atoms with Crippen LogP contribution in [0.5, 0.6) is 0 Å². The van der Waals surface area contributed by atoms with Crippen molar-refractivity contribution in [3.05, 3.63) is 0 Å². The minimum absolute atomic E-state index is 0.0740. The van der Waals surface area contributed by atoms with Crippen molar-refractivity contribution in [2.24, 2.45) is 5.92 Å². The molecule has 2 amide bonds. The zero-order chi connectivity index (χ0) is 12.1. The molecule has 1 rings (SSSR count). The van der Waals surface area contributed by atoms with Crippen LogP contribution in [0.4, 0.5) is 0 Å². The third-order valence-corrected chi connectivity index (χ3v) is 2.96. The van der Waals surface area contributed by atoms with Gasteiger partial charge >= 0.3 is 0 Å². The van der Waals surface area contributed by atoms with E-state index in [9.17, 15) is 9.59 Å². The molecule has 1 heterocycles. The molecule has 1 unspecified atom stereocenters. The van der Waals surface area contributed by atoms with E-state index >= 15 is 0 Å². The summed E-state index contributed by atoms with van der Waals surface area (Å²) in [5, 5.41) is 2.75. The molecule has 0 spiro atoms. The van der Waals surface area contributed by atoms with Crippen LogP contribution in [0, 0.1) is 5.92 Å². The van der Waals surface area contributed by atoms with Gasteiger partial charge in [0.25, 0.3) is 0 Å². The van der Waals surface area contributed by atoms with E-state index in [2.05, 4.69) is 5.32 Å².